The van der Waals surface area contributed by atoms with Gasteiger partial charge < -0.3 is 14.5 Å². The van der Waals surface area contributed by atoms with Gasteiger partial charge in [0.25, 0.3) is 6.43 Å². The first-order chi connectivity index (χ1) is 13.8. The molecule has 4 rings (SSSR count). The maximum absolute atomic E-state index is 13.3. The van der Waals surface area contributed by atoms with Gasteiger partial charge in [-0.05, 0) is 0 Å². The number of nitrogens with zero attached hydrogens (tertiary/aromatic N) is 7. The minimum absolute atomic E-state index is 0.277. The minimum Gasteiger partial charge on any atom is -0.378 e. The summed E-state index contributed by atoms with van der Waals surface area (Å²) in [5, 5.41) is 0. The van der Waals surface area contributed by atoms with Gasteiger partial charge >= 0.3 is 0 Å². The fourth-order valence-corrected chi connectivity index (χ4v) is 4.51. The van der Waals surface area contributed by atoms with Crippen molar-refractivity contribution in [2.24, 2.45) is 0 Å². The fourth-order valence-electron chi connectivity index (χ4n) is 3.69. The Kier molecular flexibility index (Phi) is 5.53. The Balaban J connectivity index is 1.71. The van der Waals surface area contributed by atoms with Gasteiger partial charge in [0.05, 0.1) is 26.0 Å². The van der Waals surface area contributed by atoms with E-state index in [2.05, 4.69) is 15.0 Å². The van der Waals surface area contributed by atoms with E-state index in [0.29, 0.717) is 62.3 Å². The Morgan fingerprint density at radius 3 is 2.38 bits per heavy atom. The van der Waals surface area contributed by atoms with Gasteiger partial charge in [-0.3, -0.25) is 4.57 Å². The van der Waals surface area contributed by atoms with E-state index in [0.717, 1.165) is 0 Å². The number of hydrogen-bond donors (Lipinski definition) is 0. The number of piperazine rings is 1. The van der Waals surface area contributed by atoms with Crippen LogP contribution >= 0.6 is 0 Å². The lowest BCUT2D eigenvalue weighted by Crippen LogP contribution is -2.49. The van der Waals surface area contributed by atoms with E-state index >= 15 is 0 Å². The Hall–Kier alpha value is -2.12. The highest BCUT2D eigenvalue weighted by molar-refractivity contribution is 7.88. The predicted octanol–water partition coefficient (Wildman–Crippen LogP) is 0.00960. The molecule has 10 nitrogen and oxygen atoms in total. The van der Waals surface area contributed by atoms with Crippen molar-refractivity contribution in [1.82, 2.24) is 23.8 Å². The topological polar surface area (TPSA) is 96.7 Å². The van der Waals surface area contributed by atoms with E-state index in [1.807, 2.05) is 9.80 Å². The van der Waals surface area contributed by atoms with Crippen LogP contribution in [0, 0.1) is 0 Å². The van der Waals surface area contributed by atoms with Crippen LogP contribution in [0.4, 0.5) is 20.5 Å². The second-order valence-electron chi connectivity index (χ2n) is 7.03. The smallest absolute Gasteiger partial charge is 0.256 e. The SMILES string of the molecule is CS(=O)(=O)N1CCN(c2nc3c(N4CCOCC4)ncnc3n2CC(F)F)CC1. The van der Waals surface area contributed by atoms with E-state index < -0.39 is 23.0 Å². The number of ether oxygens (including phenoxy) is 1. The molecule has 0 unspecified atom stereocenters. The molecule has 0 aromatic carbocycles. The van der Waals surface area contributed by atoms with Crippen molar-refractivity contribution in [2.45, 2.75) is 13.0 Å². The Bertz CT molecular complexity index is 970. The van der Waals surface area contributed by atoms with E-state index in [9.17, 15) is 17.2 Å². The average Bonchev–Trinajstić information content (AvgIpc) is 3.06. The van der Waals surface area contributed by atoms with Crippen molar-refractivity contribution >= 4 is 33.0 Å². The van der Waals surface area contributed by atoms with Crippen LogP contribution in [-0.2, 0) is 21.3 Å². The van der Waals surface area contributed by atoms with E-state index in [-0.39, 0.29) is 13.1 Å². The second-order valence-corrected chi connectivity index (χ2v) is 9.01. The summed E-state index contributed by atoms with van der Waals surface area (Å²) in [5.41, 5.74) is 0.818. The van der Waals surface area contributed by atoms with Crippen LogP contribution in [0.25, 0.3) is 11.2 Å². The summed E-state index contributed by atoms with van der Waals surface area (Å²) >= 11 is 0. The number of anilines is 2. The van der Waals surface area contributed by atoms with Crippen LogP contribution in [0.3, 0.4) is 0 Å². The maximum atomic E-state index is 13.3. The van der Waals surface area contributed by atoms with Gasteiger partial charge in [0.2, 0.25) is 16.0 Å². The highest BCUT2D eigenvalue weighted by atomic mass is 32.2. The molecule has 2 aliphatic heterocycles. The van der Waals surface area contributed by atoms with Gasteiger partial charge in [0, 0.05) is 39.3 Å². The predicted molar refractivity (Wildman–Crippen MR) is 103 cm³/mol. The molecule has 0 radical (unpaired) electrons. The van der Waals surface area contributed by atoms with Gasteiger partial charge in [-0.1, -0.05) is 0 Å². The van der Waals surface area contributed by atoms with Crippen molar-refractivity contribution in [1.29, 1.82) is 0 Å². The first-order valence-corrected chi connectivity index (χ1v) is 11.2. The molecule has 0 aliphatic carbocycles. The number of imidazole rings is 1. The van der Waals surface area contributed by atoms with Gasteiger partial charge in [-0.25, -0.2) is 32.2 Å². The van der Waals surface area contributed by atoms with Crippen molar-refractivity contribution in [3.63, 3.8) is 0 Å². The highest BCUT2D eigenvalue weighted by Crippen LogP contribution is 2.29. The Morgan fingerprint density at radius 1 is 1.07 bits per heavy atom. The molecule has 160 valence electrons. The number of alkyl halides is 2. The Morgan fingerprint density at radius 2 is 1.76 bits per heavy atom. The molecule has 0 saturated carbocycles. The molecular weight excluding hydrogens is 408 g/mol. The molecule has 0 atom stereocenters. The normalized spacial score (nSPS) is 19.4. The number of sulfonamides is 1. The molecule has 0 spiro atoms. The summed E-state index contributed by atoms with van der Waals surface area (Å²) in [6.45, 7) is 3.12. The lowest BCUT2D eigenvalue weighted by atomic mass is 10.4. The fraction of sp³-hybridized carbons (Fsp3) is 0.688. The zero-order chi connectivity index (χ0) is 20.6. The zero-order valence-corrected chi connectivity index (χ0v) is 16.9. The zero-order valence-electron chi connectivity index (χ0n) is 16.0. The second kappa shape index (κ2) is 7.95. The minimum atomic E-state index is -3.29. The summed E-state index contributed by atoms with van der Waals surface area (Å²) in [7, 11) is -3.29. The molecule has 0 N–H and O–H groups in total. The summed E-state index contributed by atoms with van der Waals surface area (Å²) in [4.78, 5) is 17.0. The third-order valence-corrected chi connectivity index (χ3v) is 6.42. The number of halogens is 2. The standard InChI is InChI=1S/C16H23F2N7O3S/c1-29(26,27)24-4-2-23(3-5-24)16-21-13-14(22-6-8-28-9-7-22)19-11-20-15(13)25(16)10-12(17)18/h11-12H,2-10H2,1H3. The van der Waals surface area contributed by atoms with Crippen LogP contribution in [0.15, 0.2) is 6.33 Å². The molecule has 0 bridgehead atoms. The lowest BCUT2D eigenvalue weighted by Gasteiger charge is -2.34. The van der Waals surface area contributed by atoms with Crippen LogP contribution in [0.1, 0.15) is 0 Å². The van der Waals surface area contributed by atoms with Crippen LogP contribution in [0.5, 0.6) is 0 Å². The van der Waals surface area contributed by atoms with Gasteiger partial charge in [-0.2, -0.15) is 4.31 Å². The van der Waals surface area contributed by atoms with Gasteiger partial charge in [-0.15, -0.1) is 0 Å². The number of fused-ring (bicyclic) bond motifs is 1. The number of hydrogen-bond acceptors (Lipinski definition) is 8. The number of rotatable bonds is 5. The molecule has 4 heterocycles. The first-order valence-electron chi connectivity index (χ1n) is 9.37. The summed E-state index contributed by atoms with van der Waals surface area (Å²) in [6, 6.07) is 0. The largest absolute Gasteiger partial charge is 0.378 e. The van der Waals surface area contributed by atoms with E-state index in [1.165, 1.54) is 21.5 Å². The molecule has 2 aromatic rings. The van der Waals surface area contributed by atoms with Crippen molar-refractivity contribution in [3.05, 3.63) is 6.33 Å². The number of aromatic nitrogens is 4. The molecule has 13 heteroatoms. The maximum Gasteiger partial charge on any atom is 0.256 e. The molecule has 29 heavy (non-hydrogen) atoms. The highest BCUT2D eigenvalue weighted by Gasteiger charge is 2.29. The third kappa shape index (κ3) is 4.12. The molecular formula is C16H23F2N7O3S. The van der Waals surface area contributed by atoms with E-state index in [4.69, 9.17) is 4.74 Å². The Labute approximate surface area is 167 Å². The molecule has 2 aliphatic rings. The van der Waals surface area contributed by atoms with Crippen molar-refractivity contribution in [2.75, 3.05) is 68.5 Å². The van der Waals surface area contributed by atoms with Crippen molar-refractivity contribution < 1.29 is 21.9 Å². The van der Waals surface area contributed by atoms with Crippen LogP contribution < -0.4 is 9.80 Å². The molecule has 2 saturated heterocycles. The quantitative estimate of drug-likeness (QED) is 0.653. The average molecular weight is 431 g/mol. The van der Waals surface area contributed by atoms with Gasteiger partial charge in [0.1, 0.15) is 6.33 Å². The lowest BCUT2D eigenvalue weighted by molar-refractivity contribution is 0.122. The summed E-state index contributed by atoms with van der Waals surface area (Å²) < 4.78 is 58.3. The summed E-state index contributed by atoms with van der Waals surface area (Å²) in [5.74, 6) is 0.964. The third-order valence-electron chi connectivity index (χ3n) is 5.11. The first kappa shape index (κ1) is 20.2. The van der Waals surface area contributed by atoms with Gasteiger partial charge in [0.15, 0.2) is 17.0 Å². The summed E-state index contributed by atoms with van der Waals surface area (Å²) in [6.07, 6.45) is -0.0496. The monoisotopic (exact) mass is 431 g/mol. The van der Waals surface area contributed by atoms with Crippen LogP contribution in [-0.4, -0.2) is 97.4 Å². The van der Waals surface area contributed by atoms with Crippen molar-refractivity contribution in [3.8, 4) is 0 Å². The van der Waals surface area contributed by atoms with E-state index in [1.54, 1.807) is 0 Å². The van der Waals surface area contributed by atoms with Crippen LogP contribution in [0.2, 0.25) is 0 Å². The molecule has 2 aromatic heterocycles. The molecule has 2 fully saturated rings. The number of morpholine rings is 1. The molecule has 0 amide bonds.